The summed E-state index contributed by atoms with van der Waals surface area (Å²) >= 11 is 6.17. The first kappa shape index (κ1) is 32.9. The largest absolute Gasteiger partial charge is 0.416 e. The molecule has 0 aliphatic rings. The number of nitrogens with one attached hydrogen (secondary N) is 1. The number of anilines is 1. The van der Waals surface area contributed by atoms with Gasteiger partial charge in [0.15, 0.2) is 0 Å². The average molecular weight is 624 g/mol. The van der Waals surface area contributed by atoms with Gasteiger partial charge in [0.05, 0.1) is 22.5 Å². The molecule has 226 valence electrons. The molecule has 3 aromatic carbocycles. The van der Waals surface area contributed by atoms with Crippen LogP contribution in [-0.4, -0.2) is 50.0 Å². The van der Waals surface area contributed by atoms with E-state index >= 15 is 0 Å². The second-order valence-electron chi connectivity index (χ2n) is 10.3. The van der Waals surface area contributed by atoms with Crippen molar-refractivity contribution in [1.82, 2.24) is 10.2 Å². The van der Waals surface area contributed by atoms with Crippen molar-refractivity contribution in [1.29, 1.82) is 0 Å². The molecule has 1 N–H and O–H groups in total. The highest BCUT2D eigenvalue weighted by Crippen LogP contribution is 2.36. The van der Waals surface area contributed by atoms with Gasteiger partial charge in [-0.05, 0) is 50.1 Å². The van der Waals surface area contributed by atoms with Gasteiger partial charge in [-0.15, -0.1) is 0 Å². The summed E-state index contributed by atoms with van der Waals surface area (Å²) in [5.41, 5.74) is 0.774. The van der Waals surface area contributed by atoms with Crippen LogP contribution < -0.4 is 9.62 Å². The molecule has 2 amide bonds. The molecule has 0 heterocycles. The Morgan fingerprint density at radius 1 is 0.952 bits per heavy atom. The maximum atomic E-state index is 14.0. The molecule has 0 saturated heterocycles. The van der Waals surface area contributed by atoms with E-state index in [1.54, 1.807) is 50.2 Å². The van der Waals surface area contributed by atoms with Crippen molar-refractivity contribution in [2.75, 3.05) is 17.1 Å². The summed E-state index contributed by atoms with van der Waals surface area (Å²) in [4.78, 5) is 28.8. The Hall–Kier alpha value is -3.57. The molecule has 42 heavy (non-hydrogen) atoms. The highest BCUT2D eigenvalue weighted by Gasteiger charge is 2.36. The van der Waals surface area contributed by atoms with Gasteiger partial charge in [0.1, 0.15) is 12.6 Å². The van der Waals surface area contributed by atoms with Gasteiger partial charge in [-0.1, -0.05) is 71.8 Å². The Labute approximate surface area is 249 Å². The molecule has 3 aromatic rings. The quantitative estimate of drug-likeness (QED) is 0.301. The minimum absolute atomic E-state index is 0.0595. The SMILES string of the molecule is Cc1ccc(CN(C(=O)CN(c2cc(C(F)(F)F)ccc2Cl)S(C)(=O)=O)[C@H](Cc2ccccc2)C(=O)NC(C)C)cc1. The van der Waals surface area contributed by atoms with Gasteiger partial charge >= 0.3 is 6.18 Å². The van der Waals surface area contributed by atoms with E-state index in [1.807, 2.05) is 25.1 Å². The molecule has 0 radical (unpaired) electrons. The number of hydrogen-bond acceptors (Lipinski definition) is 4. The number of carbonyl (C=O) groups excluding carboxylic acids is 2. The molecule has 0 unspecified atom stereocenters. The van der Waals surface area contributed by atoms with Gasteiger partial charge in [0.25, 0.3) is 0 Å². The van der Waals surface area contributed by atoms with Crippen molar-refractivity contribution < 1.29 is 31.2 Å². The van der Waals surface area contributed by atoms with E-state index in [4.69, 9.17) is 11.6 Å². The third kappa shape index (κ3) is 8.96. The van der Waals surface area contributed by atoms with Gasteiger partial charge in [0.2, 0.25) is 21.8 Å². The first-order chi connectivity index (χ1) is 19.6. The summed E-state index contributed by atoms with van der Waals surface area (Å²) in [6, 6.07) is 17.2. The van der Waals surface area contributed by atoms with Gasteiger partial charge in [0, 0.05) is 19.0 Å². The lowest BCUT2D eigenvalue weighted by molar-refractivity contribution is -0.140. The third-order valence-corrected chi connectivity index (χ3v) is 7.84. The van der Waals surface area contributed by atoms with E-state index in [-0.39, 0.29) is 24.0 Å². The summed E-state index contributed by atoms with van der Waals surface area (Å²) < 4.78 is 66.8. The van der Waals surface area contributed by atoms with Crippen LogP contribution in [-0.2, 0) is 38.8 Å². The first-order valence-corrected chi connectivity index (χ1v) is 15.3. The van der Waals surface area contributed by atoms with E-state index in [1.165, 1.54) is 4.90 Å². The maximum absolute atomic E-state index is 14.0. The minimum Gasteiger partial charge on any atom is -0.352 e. The number of amides is 2. The van der Waals surface area contributed by atoms with Crippen LogP contribution in [0, 0.1) is 6.92 Å². The van der Waals surface area contributed by atoms with Gasteiger partial charge < -0.3 is 10.2 Å². The summed E-state index contributed by atoms with van der Waals surface area (Å²) in [5.74, 6) is -1.26. The summed E-state index contributed by atoms with van der Waals surface area (Å²) in [6.45, 7) is 4.49. The highest BCUT2D eigenvalue weighted by molar-refractivity contribution is 7.92. The number of aryl methyl sites for hydroxylation is 1. The lowest BCUT2D eigenvalue weighted by Crippen LogP contribution is -2.54. The van der Waals surface area contributed by atoms with Crippen molar-refractivity contribution in [2.24, 2.45) is 0 Å². The van der Waals surface area contributed by atoms with Gasteiger partial charge in [-0.25, -0.2) is 8.42 Å². The second-order valence-corrected chi connectivity index (χ2v) is 12.6. The standard InChI is InChI=1S/C30H33ClF3N3O4S/c1-20(2)35-29(39)27(16-22-8-6-5-7-9-22)36(18-23-12-10-21(3)11-13-23)28(38)19-37(42(4,40)41)26-17-24(30(32,33)34)14-15-25(26)31/h5-15,17,20,27H,16,18-19H2,1-4H3,(H,35,39)/t27-/m1/s1. The fourth-order valence-corrected chi connectivity index (χ4v) is 5.42. The molecular formula is C30H33ClF3N3O4S. The summed E-state index contributed by atoms with van der Waals surface area (Å²) in [7, 11) is -4.30. The smallest absolute Gasteiger partial charge is 0.352 e. The zero-order chi connectivity index (χ0) is 31.2. The average Bonchev–Trinajstić information content (AvgIpc) is 2.89. The Kier molecular flexibility index (Phi) is 10.7. The summed E-state index contributed by atoms with van der Waals surface area (Å²) in [5, 5.41) is 2.54. The van der Waals surface area contributed by atoms with Crippen LogP contribution in [0.2, 0.25) is 5.02 Å². The molecule has 1 atom stereocenters. The lowest BCUT2D eigenvalue weighted by Gasteiger charge is -2.34. The Bertz CT molecular complexity index is 1500. The van der Waals surface area contributed by atoms with Crippen LogP contribution in [0.25, 0.3) is 0 Å². The molecule has 3 rings (SSSR count). The molecule has 0 aromatic heterocycles. The number of hydrogen-bond donors (Lipinski definition) is 1. The van der Waals surface area contributed by atoms with E-state index in [0.29, 0.717) is 15.9 Å². The predicted octanol–water partition coefficient (Wildman–Crippen LogP) is 5.60. The molecule has 0 aliphatic heterocycles. The fraction of sp³-hybridized carbons (Fsp3) is 0.333. The monoisotopic (exact) mass is 623 g/mol. The van der Waals surface area contributed by atoms with Crippen LogP contribution in [0.3, 0.4) is 0 Å². The van der Waals surface area contributed by atoms with E-state index < -0.39 is 51.9 Å². The topological polar surface area (TPSA) is 86.8 Å². The van der Waals surface area contributed by atoms with E-state index in [2.05, 4.69) is 5.32 Å². The highest BCUT2D eigenvalue weighted by atomic mass is 35.5. The van der Waals surface area contributed by atoms with Crippen molar-refractivity contribution in [3.8, 4) is 0 Å². The zero-order valence-corrected chi connectivity index (χ0v) is 25.2. The van der Waals surface area contributed by atoms with Crippen LogP contribution in [0.15, 0.2) is 72.8 Å². The van der Waals surface area contributed by atoms with Crippen molar-refractivity contribution in [3.05, 3.63) is 100 Å². The van der Waals surface area contributed by atoms with Crippen molar-refractivity contribution in [3.63, 3.8) is 0 Å². The number of sulfonamides is 1. The molecule has 0 fully saturated rings. The molecule has 0 spiro atoms. The van der Waals surface area contributed by atoms with Gasteiger partial charge in [-0.2, -0.15) is 13.2 Å². The minimum atomic E-state index is -4.78. The number of rotatable bonds is 11. The molecular weight excluding hydrogens is 591 g/mol. The maximum Gasteiger partial charge on any atom is 0.416 e. The number of nitrogens with zero attached hydrogens (tertiary/aromatic N) is 2. The predicted molar refractivity (Wildman–Crippen MR) is 158 cm³/mol. The molecule has 0 bridgehead atoms. The number of benzene rings is 3. The van der Waals surface area contributed by atoms with E-state index in [0.717, 1.165) is 29.5 Å². The number of alkyl halides is 3. The van der Waals surface area contributed by atoms with E-state index in [9.17, 15) is 31.2 Å². The second kappa shape index (κ2) is 13.6. The molecule has 12 heteroatoms. The Morgan fingerprint density at radius 3 is 2.12 bits per heavy atom. The zero-order valence-electron chi connectivity index (χ0n) is 23.7. The normalized spacial score (nSPS) is 12.6. The molecule has 7 nitrogen and oxygen atoms in total. The van der Waals surface area contributed by atoms with Crippen molar-refractivity contribution >= 4 is 39.1 Å². The van der Waals surface area contributed by atoms with Crippen LogP contribution >= 0.6 is 11.6 Å². The first-order valence-electron chi connectivity index (χ1n) is 13.1. The number of halogens is 4. The van der Waals surface area contributed by atoms with Crippen LogP contribution in [0.4, 0.5) is 18.9 Å². The number of carbonyl (C=O) groups is 2. The Balaban J connectivity index is 2.11. The molecule has 0 aliphatic carbocycles. The van der Waals surface area contributed by atoms with Crippen LogP contribution in [0.1, 0.15) is 36.1 Å². The van der Waals surface area contributed by atoms with Gasteiger partial charge in [-0.3, -0.25) is 13.9 Å². The van der Waals surface area contributed by atoms with Crippen molar-refractivity contribution in [2.45, 2.75) is 52.0 Å². The summed E-state index contributed by atoms with van der Waals surface area (Å²) in [6.07, 6.45) is -3.89. The third-order valence-electron chi connectivity index (χ3n) is 6.40. The lowest BCUT2D eigenvalue weighted by atomic mass is 10.0. The fourth-order valence-electron chi connectivity index (χ4n) is 4.30. The molecule has 0 saturated carbocycles. The van der Waals surface area contributed by atoms with Crippen LogP contribution in [0.5, 0.6) is 0 Å². The Morgan fingerprint density at radius 2 is 1.57 bits per heavy atom.